The van der Waals surface area contributed by atoms with Gasteiger partial charge in [-0.2, -0.15) is 0 Å². The molecule has 1 unspecified atom stereocenters. The number of para-hydroxylation sites is 1. The van der Waals surface area contributed by atoms with Crippen LogP contribution in [0.15, 0.2) is 48.5 Å². The summed E-state index contributed by atoms with van der Waals surface area (Å²) in [5, 5.41) is 0. The lowest BCUT2D eigenvalue weighted by Crippen LogP contribution is -2.43. The van der Waals surface area contributed by atoms with Gasteiger partial charge in [0.25, 0.3) is 5.91 Å². The molecule has 0 radical (unpaired) electrons. The van der Waals surface area contributed by atoms with Crippen molar-refractivity contribution >= 4 is 11.6 Å². The van der Waals surface area contributed by atoms with Crippen molar-refractivity contribution in [3.63, 3.8) is 0 Å². The highest BCUT2D eigenvalue weighted by Crippen LogP contribution is 2.29. The number of aryl methyl sites for hydroxylation is 1. The number of fused-ring (bicyclic) bond motifs is 1. The Morgan fingerprint density at radius 1 is 1.22 bits per heavy atom. The smallest absolute Gasteiger partial charge is 0.268 e. The van der Waals surface area contributed by atoms with Gasteiger partial charge in [-0.15, -0.1) is 0 Å². The number of benzene rings is 2. The number of amides is 1. The number of carbonyl (C=O) groups excluding carboxylic acids is 1. The summed E-state index contributed by atoms with van der Waals surface area (Å²) in [6.45, 7) is 2.57. The van der Waals surface area contributed by atoms with Gasteiger partial charge in [-0.25, -0.2) is 0 Å². The van der Waals surface area contributed by atoms with Gasteiger partial charge in [0.1, 0.15) is 11.5 Å². The maximum absolute atomic E-state index is 12.9. The van der Waals surface area contributed by atoms with Gasteiger partial charge in [0.05, 0.1) is 7.11 Å². The van der Waals surface area contributed by atoms with Gasteiger partial charge in [-0.05, 0) is 55.7 Å². The molecule has 0 aromatic heterocycles. The van der Waals surface area contributed by atoms with Crippen LogP contribution in [-0.4, -0.2) is 25.7 Å². The number of ether oxygens (including phenoxy) is 2. The molecule has 0 bridgehead atoms. The highest BCUT2D eigenvalue weighted by molar-refractivity contribution is 5.97. The van der Waals surface area contributed by atoms with Gasteiger partial charge in [-0.1, -0.05) is 18.2 Å². The Kier molecular flexibility index (Phi) is 4.51. The zero-order valence-corrected chi connectivity index (χ0v) is 13.5. The lowest BCUT2D eigenvalue weighted by atomic mass is 10.0. The van der Waals surface area contributed by atoms with E-state index in [1.807, 2.05) is 49.4 Å². The minimum atomic E-state index is -0.424. The molecule has 0 fully saturated rings. The topological polar surface area (TPSA) is 38.8 Å². The van der Waals surface area contributed by atoms with Crippen molar-refractivity contribution in [2.45, 2.75) is 25.9 Å². The number of hydrogen-bond donors (Lipinski definition) is 0. The average molecular weight is 311 g/mol. The van der Waals surface area contributed by atoms with Gasteiger partial charge in [-0.3, -0.25) is 4.79 Å². The molecule has 2 aromatic carbocycles. The van der Waals surface area contributed by atoms with Crippen LogP contribution in [0.3, 0.4) is 0 Å². The number of rotatable bonds is 4. The van der Waals surface area contributed by atoms with Crippen LogP contribution in [0.1, 0.15) is 18.9 Å². The van der Waals surface area contributed by atoms with E-state index in [1.54, 1.807) is 12.0 Å². The first kappa shape index (κ1) is 15.4. The summed E-state index contributed by atoms with van der Waals surface area (Å²) in [6.07, 6.45) is 1.15. The predicted molar refractivity (Wildman–Crippen MR) is 90.2 cm³/mol. The average Bonchev–Trinajstić information content (AvgIpc) is 2.62. The Labute approximate surface area is 136 Å². The number of anilines is 1. The first-order valence-electron chi connectivity index (χ1n) is 7.93. The largest absolute Gasteiger partial charge is 0.497 e. The summed E-state index contributed by atoms with van der Waals surface area (Å²) in [5.74, 6) is 1.61. The van der Waals surface area contributed by atoms with Crippen LogP contribution in [0.25, 0.3) is 0 Å². The molecule has 2 aromatic rings. The van der Waals surface area contributed by atoms with Crippen LogP contribution in [0, 0.1) is 0 Å². The highest BCUT2D eigenvalue weighted by Gasteiger charge is 2.29. The van der Waals surface area contributed by atoms with E-state index >= 15 is 0 Å². The standard InChI is InChI=1S/C19H21NO3/c1-3-20(15-9-11-16(22-2)12-10-15)19(21)18-13-8-14-6-4-5-7-17(14)23-18/h4-7,9-12,18H,3,8,13H2,1-2H3. The number of methoxy groups -OCH3 is 1. The van der Waals surface area contributed by atoms with Crippen LogP contribution in [0.2, 0.25) is 0 Å². The van der Waals surface area contributed by atoms with Crippen molar-refractivity contribution < 1.29 is 14.3 Å². The van der Waals surface area contributed by atoms with Gasteiger partial charge in [0.15, 0.2) is 6.10 Å². The fourth-order valence-electron chi connectivity index (χ4n) is 2.90. The lowest BCUT2D eigenvalue weighted by Gasteiger charge is -2.30. The summed E-state index contributed by atoms with van der Waals surface area (Å²) >= 11 is 0. The van der Waals surface area contributed by atoms with Crippen LogP contribution >= 0.6 is 0 Å². The fourth-order valence-corrected chi connectivity index (χ4v) is 2.90. The molecule has 3 rings (SSSR count). The molecule has 1 aliphatic heterocycles. The summed E-state index contributed by atoms with van der Waals surface area (Å²) in [5.41, 5.74) is 2.03. The van der Waals surface area contributed by atoms with Crippen molar-refractivity contribution in [2.75, 3.05) is 18.6 Å². The maximum atomic E-state index is 12.9. The first-order chi connectivity index (χ1) is 11.2. The Hall–Kier alpha value is -2.49. The van der Waals surface area contributed by atoms with E-state index < -0.39 is 6.10 Å². The minimum Gasteiger partial charge on any atom is -0.497 e. The SMILES string of the molecule is CCN(C(=O)C1CCc2ccccc2O1)c1ccc(OC)cc1. The number of hydrogen-bond acceptors (Lipinski definition) is 3. The molecule has 0 spiro atoms. The van der Waals surface area contributed by atoms with Crippen LogP contribution in [0.5, 0.6) is 11.5 Å². The maximum Gasteiger partial charge on any atom is 0.268 e. The molecule has 0 saturated carbocycles. The Bertz CT molecular complexity index is 681. The molecule has 0 N–H and O–H groups in total. The molecule has 1 heterocycles. The summed E-state index contributed by atoms with van der Waals surface area (Å²) < 4.78 is 11.1. The van der Waals surface area contributed by atoms with Crippen molar-refractivity contribution in [2.24, 2.45) is 0 Å². The first-order valence-corrected chi connectivity index (χ1v) is 7.93. The van der Waals surface area contributed by atoms with E-state index in [4.69, 9.17) is 9.47 Å². The Morgan fingerprint density at radius 2 is 1.96 bits per heavy atom. The van der Waals surface area contributed by atoms with Gasteiger partial charge >= 0.3 is 0 Å². The molecular weight excluding hydrogens is 290 g/mol. The van der Waals surface area contributed by atoms with Crippen LogP contribution < -0.4 is 14.4 Å². The third kappa shape index (κ3) is 3.16. The van der Waals surface area contributed by atoms with Crippen molar-refractivity contribution in [3.8, 4) is 11.5 Å². The van der Waals surface area contributed by atoms with Gasteiger partial charge < -0.3 is 14.4 Å². The molecular formula is C19H21NO3. The molecule has 4 nitrogen and oxygen atoms in total. The van der Waals surface area contributed by atoms with Crippen molar-refractivity contribution in [1.82, 2.24) is 0 Å². The summed E-state index contributed by atoms with van der Waals surface area (Å²) in [4.78, 5) is 14.6. The number of carbonyl (C=O) groups is 1. The zero-order chi connectivity index (χ0) is 16.2. The Balaban J connectivity index is 1.77. The normalized spacial score (nSPS) is 16.2. The van der Waals surface area contributed by atoms with E-state index in [9.17, 15) is 4.79 Å². The third-order valence-corrected chi connectivity index (χ3v) is 4.16. The van der Waals surface area contributed by atoms with Gasteiger partial charge in [0.2, 0.25) is 0 Å². The monoisotopic (exact) mass is 311 g/mol. The van der Waals surface area contributed by atoms with Crippen molar-refractivity contribution in [1.29, 1.82) is 0 Å². The quantitative estimate of drug-likeness (QED) is 0.868. The second-order valence-corrected chi connectivity index (χ2v) is 5.53. The van der Waals surface area contributed by atoms with E-state index in [0.29, 0.717) is 13.0 Å². The van der Waals surface area contributed by atoms with E-state index in [2.05, 4.69) is 6.07 Å². The molecule has 1 atom stereocenters. The zero-order valence-electron chi connectivity index (χ0n) is 13.5. The lowest BCUT2D eigenvalue weighted by molar-refractivity contribution is -0.125. The van der Waals surface area contributed by atoms with Crippen LogP contribution in [0.4, 0.5) is 5.69 Å². The minimum absolute atomic E-state index is 0.00664. The molecule has 1 aliphatic rings. The van der Waals surface area contributed by atoms with E-state index in [0.717, 1.165) is 23.6 Å². The third-order valence-electron chi connectivity index (χ3n) is 4.16. The molecule has 23 heavy (non-hydrogen) atoms. The van der Waals surface area contributed by atoms with E-state index in [-0.39, 0.29) is 5.91 Å². The van der Waals surface area contributed by atoms with E-state index in [1.165, 1.54) is 5.56 Å². The molecule has 120 valence electrons. The van der Waals surface area contributed by atoms with Gasteiger partial charge in [0, 0.05) is 12.2 Å². The molecule has 0 saturated heterocycles. The second-order valence-electron chi connectivity index (χ2n) is 5.53. The number of nitrogens with zero attached hydrogens (tertiary/aromatic N) is 1. The Morgan fingerprint density at radius 3 is 2.65 bits per heavy atom. The predicted octanol–water partition coefficient (Wildman–Crippen LogP) is 3.44. The summed E-state index contributed by atoms with van der Waals surface area (Å²) in [7, 11) is 1.63. The highest BCUT2D eigenvalue weighted by atomic mass is 16.5. The van der Waals surface area contributed by atoms with Crippen LogP contribution in [-0.2, 0) is 11.2 Å². The fraction of sp³-hybridized carbons (Fsp3) is 0.316. The van der Waals surface area contributed by atoms with Crippen molar-refractivity contribution in [3.05, 3.63) is 54.1 Å². The molecule has 1 amide bonds. The second kappa shape index (κ2) is 6.73. The molecule has 0 aliphatic carbocycles. The molecule has 4 heteroatoms. The number of likely N-dealkylation sites (N-methyl/N-ethyl adjacent to an activating group) is 1. The summed E-state index contributed by atoms with van der Waals surface area (Å²) in [6, 6.07) is 15.4.